The van der Waals surface area contributed by atoms with Gasteiger partial charge < -0.3 is 15.3 Å². The Bertz CT molecular complexity index is 339. The van der Waals surface area contributed by atoms with Crippen LogP contribution in [0.5, 0.6) is 0 Å². The third kappa shape index (κ3) is 5.31. The largest absolute Gasteiger partial charge is 0.390 e. The van der Waals surface area contributed by atoms with Crippen LogP contribution < -0.4 is 5.32 Å². The lowest BCUT2D eigenvalue weighted by Gasteiger charge is -2.20. The summed E-state index contributed by atoms with van der Waals surface area (Å²) in [6, 6.07) is 8.72. The summed E-state index contributed by atoms with van der Waals surface area (Å²) in [7, 11) is 3.93. The quantitative estimate of drug-likeness (QED) is 0.787. The van der Waals surface area contributed by atoms with Crippen LogP contribution in [-0.4, -0.2) is 43.3 Å². The van der Waals surface area contributed by atoms with Crippen LogP contribution in [0.1, 0.15) is 24.1 Å². The molecule has 0 saturated heterocycles. The maximum atomic E-state index is 9.77. The topological polar surface area (TPSA) is 35.5 Å². The van der Waals surface area contributed by atoms with Crippen molar-refractivity contribution in [3.8, 4) is 0 Å². The summed E-state index contributed by atoms with van der Waals surface area (Å²) >= 11 is 0. The zero-order valence-corrected chi connectivity index (χ0v) is 11.3. The van der Waals surface area contributed by atoms with E-state index in [4.69, 9.17) is 0 Å². The Morgan fingerprint density at radius 3 is 2.65 bits per heavy atom. The monoisotopic (exact) mass is 236 g/mol. The number of aliphatic hydroxyl groups is 1. The predicted octanol–water partition coefficient (Wildman–Crippen LogP) is 1.57. The highest BCUT2D eigenvalue weighted by Gasteiger charge is 2.09. The van der Waals surface area contributed by atoms with Crippen molar-refractivity contribution in [1.29, 1.82) is 0 Å². The van der Waals surface area contributed by atoms with Gasteiger partial charge in [-0.25, -0.2) is 0 Å². The molecule has 0 aliphatic carbocycles. The van der Waals surface area contributed by atoms with Crippen molar-refractivity contribution in [2.75, 3.05) is 27.2 Å². The van der Waals surface area contributed by atoms with Gasteiger partial charge in [0, 0.05) is 19.1 Å². The second kappa shape index (κ2) is 6.74. The van der Waals surface area contributed by atoms with Crippen molar-refractivity contribution in [1.82, 2.24) is 10.2 Å². The van der Waals surface area contributed by atoms with Gasteiger partial charge >= 0.3 is 0 Å². The fraction of sp³-hybridized carbons (Fsp3) is 0.571. The molecule has 2 atom stereocenters. The van der Waals surface area contributed by atoms with Gasteiger partial charge in [0.2, 0.25) is 0 Å². The summed E-state index contributed by atoms with van der Waals surface area (Å²) in [6.45, 7) is 5.52. The molecule has 3 nitrogen and oxygen atoms in total. The summed E-state index contributed by atoms with van der Waals surface area (Å²) in [5, 5.41) is 13.1. The fourth-order valence-corrected chi connectivity index (χ4v) is 1.86. The van der Waals surface area contributed by atoms with Crippen LogP contribution in [0, 0.1) is 6.92 Å². The molecule has 2 unspecified atom stereocenters. The molecule has 0 saturated carbocycles. The summed E-state index contributed by atoms with van der Waals surface area (Å²) < 4.78 is 0. The van der Waals surface area contributed by atoms with Gasteiger partial charge in [-0.1, -0.05) is 29.8 Å². The number of aryl methyl sites for hydroxylation is 1. The van der Waals surface area contributed by atoms with E-state index in [1.54, 1.807) is 0 Å². The van der Waals surface area contributed by atoms with Crippen LogP contribution in [0.25, 0.3) is 0 Å². The van der Waals surface area contributed by atoms with E-state index in [0.29, 0.717) is 13.1 Å². The number of hydrogen-bond acceptors (Lipinski definition) is 3. The molecule has 96 valence electrons. The molecular formula is C14H24N2O. The third-order valence-corrected chi connectivity index (χ3v) is 2.78. The number of likely N-dealkylation sites (N-methyl/N-ethyl adjacent to an activating group) is 1. The van der Waals surface area contributed by atoms with Crippen LogP contribution >= 0.6 is 0 Å². The Morgan fingerprint density at radius 2 is 2.06 bits per heavy atom. The third-order valence-electron chi connectivity index (χ3n) is 2.78. The summed E-state index contributed by atoms with van der Waals surface area (Å²) in [5.74, 6) is 0. The predicted molar refractivity (Wildman–Crippen MR) is 72.2 cm³/mol. The molecule has 0 fully saturated rings. The van der Waals surface area contributed by atoms with Crippen LogP contribution in [0.15, 0.2) is 24.3 Å². The van der Waals surface area contributed by atoms with Gasteiger partial charge in [-0.05, 0) is 33.5 Å². The molecule has 0 amide bonds. The van der Waals surface area contributed by atoms with Crippen molar-refractivity contribution in [2.24, 2.45) is 0 Å². The molecule has 1 aromatic carbocycles. The van der Waals surface area contributed by atoms with Crippen molar-refractivity contribution >= 4 is 0 Å². The van der Waals surface area contributed by atoms with Gasteiger partial charge in [-0.3, -0.25) is 0 Å². The Morgan fingerprint density at radius 1 is 1.35 bits per heavy atom. The maximum absolute atomic E-state index is 9.77. The summed E-state index contributed by atoms with van der Waals surface area (Å²) in [6.07, 6.45) is -0.322. The number of benzene rings is 1. The van der Waals surface area contributed by atoms with Gasteiger partial charge in [0.15, 0.2) is 0 Å². The zero-order valence-electron chi connectivity index (χ0n) is 11.3. The Kier molecular flexibility index (Phi) is 5.62. The smallest absolute Gasteiger partial charge is 0.0791 e. The number of rotatable bonds is 6. The van der Waals surface area contributed by atoms with Crippen molar-refractivity contribution in [2.45, 2.75) is 26.0 Å². The normalized spacial score (nSPS) is 14.9. The second-order valence-electron chi connectivity index (χ2n) is 4.96. The van der Waals surface area contributed by atoms with Crippen LogP contribution in [0.2, 0.25) is 0 Å². The average molecular weight is 236 g/mol. The van der Waals surface area contributed by atoms with Gasteiger partial charge in [0.1, 0.15) is 0 Å². The average Bonchev–Trinajstić information content (AvgIpc) is 2.25. The van der Waals surface area contributed by atoms with E-state index in [1.807, 2.05) is 19.0 Å². The first-order valence-corrected chi connectivity index (χ1v) is 6.11. The number of nitrogens with one attached hydrogen (secondary N) is 1. The minimum absolute atomic E-state index is 0.270. The van der Waals surface area contributed by atoms with Gasteiger partial charge in [0.05, 0.1) is 6.10 Å². The van der Waals surface area contributed by atoms with E-state index in [0.717, 1.165) is 0 Å². The minimum Gasteiger partial charge on any atom is -0.390 e. The Labute approximate surface area is 104 Å². The van der Waals surface area contributed by atoms with E-state index in [9.17, 15) is 5.11 Å². The van der Waals surface area contributed by atoms with Crippen molar-refractivity contribution < 1.29 is 5.11 Å². The summed E-state index contributed by atoms with van der Waals surface area (Å²) in [5.41, 5.74) is 2.53. The van der Waals surface area contributed by atoms with Crippen LogP contribution in [0.4, 0.5) is 0 Å². The van der Waals surface area contributed by atoms with Gasteiger partial charge in [-0.15, -0.1) is 0 Å². The molecular weight excluding hydrogens is 212 g/mol. The lowest BCUT2D eigenvalue weighted by Crippen LogP contribution is -2.36. The maximum Gasteiger partial charge on any atom is 0.0791 e. The number of nitrogens with zero attached hydrogens (tertiary/aromatic N) is 1. The van der Waals surface area contributed by atoms with Crippen molar-refractivity contribution in [3.05, 3.63) is 35.4 Å². The lowest BCUT2D eigenvalue weighted by atomic mass is 10.1. The molecule has 1 rings (SSSR count). The lowest BCUT2D eigenvalue weighted by molar-refractivity contribution is 0.132. The van der Waals surface area contributed by atoms with Crippen LogP contribution in [-0.2, 0) is 0 Å². The Balaban J connectivity index is 2.42. The highest BCUT2D eigenvalue weighted by molar-refractivity contribution is 5.24. The molecule has 0 heterocycles. The first kappa shape index (κ1) is 14.2. The van der Waals surface area contributed by atoms with Gasteiger partial charge in [0.25, 0.3) is 0 Å². The molecule has 0 radical (unpaired) electrons. The highest BCUT2D eigenvalue weighted by atomic mass is 16.3. The molecule has 0 spiro atoms. The standard InChI is InChI=1S/C14H24N2O/c1-11-6-5-7-13(8-11)12(2)15-9-14(17)10-16(3)4/h5-8,12,14-15,17H,9-10H2,1-4H3. The molecule has 0 aliphatic rings. The first-order valence-electron chi connectivity index (χ1n) is 6.11. The SMILES string of the molecule is Cc1cccc(C(C)NCC(O)CN(C)C)c1. The first-order chi connectivity index (χ1) is 7.99. The molecule has 0 bridgehead atoms. The van der Waals surface area contributed by atoms with E-state index < -0.39 is 0 Å². The van der Waals surface area contributed by atoms with E-state index in [1.165, 1.54) is 11.1 Å². The summed E-state index contributed by atoms with van der Waals surface area (Å²) in [4.78, 5) is 1.99. The van der Waals surface area contributed by atoms with Gasteiger partial charge in [-0.2, -0.15) is 0 Å². The Hall–Kier alpha value is -0.900. The minimum atomic E-state index is -0.322. The highest BCUT2D eigenvalue weighted by Crippen LogP contribution is 2.13. The second-order valence-corrected chi connectivity index (χ2v) is 4.96. The van der Waals surface area contributed by atoms with Crippen molar-refractivity contribution in [3.63, 3.8) is 0 Å². The molecule has 0 aliphatic heterocycles. The molecule has 1 aromatic rings. The van der Waals surface area contributed by atoms with Crippen LogP contribution in [0.3, 0.4) is 0 Å². The van der Waals surface area contributed by atoms with E-state index in [2.05, 4.69) is 43.4 Å². The van der Waals surface area contributed by atoms with E-state index in [-0.39, 0.29) is 12.1 Å². The molecule has 3 heteroatoms. The number of hydrogen-bond donors (Lipinski definition) is 2. The molecule has 17 heavy (non-hydrogen) atoms. The zero-order chi connectivity index (χ0) is 12.8. The molecule has 0 aromatic heterocycles. The fourth-order valence-electron chi connectivity index (χ4n) is 1.86. The van der Waals surface area contributed by atoms with E-state index >= 15 is 0 Å². The number of aliphatic hydroxyl groups excluding tert-OH is 1. The molecule has 2 N–H and O–H groups in total.